The number of nitrogens with one attached hydrogen (secondary N) is 1. The van der Waals surface area contributed by atoms with Crippen molar-refractivity contribution in [2.45, 2.75) is 36.7 Å². The van der Waals surface area contributed by atoms with Gasteiger partial charge in [0.25, 0.3) is 0 Å². The van der Waals surface area contributed by atoms with Gasteiger partial charge in [-0.2, -0.15) is 0 Å². The standard InChI is InChI=1S/C11H18N2O6S/c14-7-4-9(10(15)16)13(6-7)11(17)12-5-8-2-1-3-20(8,18)19/h7-9,14H,1-6H2,(H,12,17)(H,15,16)/t7-,8?,9+/m1/s1. The topological polar surface area (TPSA) is 124 Å². The summed E-state index contributed by atoms with van der Waals surface area (Å²) in [5, 5.41) is 20.3. The molecule has 2 aliphatic heterocycles. The summed E-state index contributed by atoms with van der Waals surface area (Å²) in [6, 6.07) is -1.71. The van der Waals surface area contributed by atoms with E-state index >= 15 is 0 Å². The van der Waals surface area contributed by atoms with Crippen LogP contribution in [0.15, 0.2) is 0 Å². The number of hydrogen-bond acceptors (Lipinski definition) is 5. The number of likely N-dealkylation sites (tertiary alicyclic amines) is 1. The van der Waals surface area contributed by atoms with Crippen LogP contribution in [0.2, 0.25) is 0 Å². The lowest BCUT2D eigenvalue weighted by atomic mass is 10.2. The van der Waals surface area contributed by atoms with E-state index in [0.717, 1.165) is 4.90 Å². The SMILES string of the molecule is O=C(O)[C@@H]1C[C@@H](O)CN1C(=O)NCC1CCCS1(=O)=O. The Kier molecular flexibility index (Phi) is 4.19. The summed E-state index contributed by atoms with van der Waals surface area (Å²) in [7, 11) is -3.15. The second-order valence-corrected chi connectivity index (χ2v) is 7.61. The van der Waals surface area contributed by atoms with E-state index in [2.05, 4.69) is 5.32 Å². The first-order valence-corrected chi connectivity index (χ1v) is 8.19. The fraction of sp³-hybridized carbons (Fsp3) is 0.818. The molecule has 0 aromatic heterocycles. The molecule has 2 fully saturated rings. The molecule has 2 saturated heterocycles. The Morgan fingerprint density at radius 1 is 1.35 bits per heavy atom. The number of carbonyl (C=O) groups excluding carboxylic acids is 1. The van der Waals surface area contributed by atoms with Gasteiger partial charge in [-0.3, -0.25) is 0 Å². The molecular formula is C11H18N2O6S. The number of aliphatic carboxylic acids is 1. The van der Waals surface area contributed by atoms with E-state index in [1.165, 1.54) is 0 Å². The summed E-state index contributed by atoms with van der Waals surface area (Å²) in [6.07, 6.45) is 0.221. The Morgan fingerprint density at radius 2 is 2.05 bits per heavy atom. The van der Waals surface area contributed by atoms with Gasteiger partial charge < -0.3 is 20.4 Å². The smallest absolute Gasteiger partial charge is 0.326 e. The van der Waals surface area contributed by atoms with E-state index in [0.29, 0.717) is 12.8 Å². The average Bonchev–Trinajstić information content (AvgIpc) is 2.89. The maximum atomic E-state index is 11.9. The number of hydrogen-bond donors (Lipinski definition) is 3. The number of β-amino-alcohol motifs (C(OH)–C–C–N with tert-alkyl or cyclic N) is 1. The van der Waals surface area contributed by atoms with Crippen molar-refractivity contribution in [2.24, 2.45) is 0 Å². The van der Waals surface area contributed by atoms with Crippen LogP contribution < -0.4 is 5.32 Å². The summed E-state index contributed by atoms with van der Waals surface area (Å²) in [4.78, 5) is 24.0. The minimum atomic E-state index is -3.15. The van der Waals surface area contributed by atoms with Crippen molar-refractivity contribution in [3.8, 4) is 0 Å². The van der Waals surface area contributed by atoms with Gasteiger partial charge in [0.15, 0.2) is 9.84 Å². The van der Waals surface area contributed by atoms with Crippen LogP contribution in [0, 0.1) is 0 Å². The van der Waals surface area contributed by atoms with Gasteiger partial charge in [-0.05, 0) is 12.8 Å². The first kappa shape index (κ1) is 15.0. The van der Waals surface area contributed by atoms with E-state index < -0.39 is 39.2 Å². The molecule has 1 unspecified atom stereocenters. The highest BCUT2D eigenvalue weighted by Crippen LogP contribution is 2.20. The number of carbonyl (C=O) groups is 2. The van der Waals surface area contributed by atoms with Gasteiger partial charge in [0.05, 0.1) is 17.1 Å². The number of aliphatic hydroxyl groups is 1. The van der Waals surface area contributed by atoms with E-state index in [1.807, 2.05) is 0 Å². The zero-order valence-electron chi connectivity index (χ0n) is 10.9. The van der Waals surface area contributed by atoms with Gasteiger partial charge in [-0.1, -0.05) is 0 Å². The lowest BCUT2D eigenvalue weighted by Gasteiger charge is -2.22. The highest BCUT2D eigenvalue weighted by Gasteiger charge is 2.39. The lowest BCUT2D eigenvalue weighted by molar-refractivity contribution is -0.141. The van der Waals surface area contributed by atoms with Crippen molar-refractivity contribution in [3.05, 3.63) is 0 Å². The van der Waals surface area contributed by atoms with Crippen molar-refractivity contribution in [2.75, 3.05) is 18.8 Å². The lowest BCUT2D eigenvalue weighted by Crippen LogP contribution is -2.48. The van der Waals surface area contributed by atoms with Crippen LogP contribution in [0.4, 0.5) is 4.79 Å². The number of carboxylic acid groups (broad SMARTS) is 1. The van der Waals surface area contributed by atoms with Crippen molar-refractivity contribution >= 4 is 21.8 Å². The quantitative estimate of drug-likeness (QED) is 0.601. The molecule has 114 valence electrons. The molecule has 3 N–H and O–H groups in total. The Bertz CT molecular complexity index is 505. The molecule has 0 saturated carbocycles. The molecule has 0 aliphatic carbocycles. The van der Waals surface area contributed by atoms with Crippen molar-refractivity contribution in [3.63, 3.8) is 0 Å². The molecule has 8 nitrogen and oxygen atoms in total. The molecule has 9 heteroatoms. The fourth-order valence-electron chi connectivity index (χ4n) is 2.66. The van der Waals surface area contributed by atoms with Crippen LogP contribution in [0.3, 0.4) is 0 Å². The van der Waals surface area contributed by atoms with Gasteiger partial charge in [-0.25, -0.2) is 18.0 Å². The second kappa shape index (κ2) is 5.57. The van der Waals surface area contributed by atoms with E-state index in [-0.39, 0.29) is 25.3 Å². The van der Waals surface area contributed by atoms with Crippen LogP contribution in [0.1, 0.15) is 19.3 Å². The first-order chi connectivity index (χ1) is 9.31. The minimum Gasteiger partial charge on any atom is -0.480 e. The summed E-state index contributed by atoms with van der Waals surface area (Å²) in [5.41, 5.74) is 0. The number of sulfone groups is 1. The maximum Gasteiger partial charge on any atom is 0.326 e. The normalized spacial score (nSPS) is 32.2. The van der Waals surface area contributed by atoms with E-state index in [9.17, 15) is 23.1 Å². The van der Waals surface area contributed by atoms with Crippen LogP contribution in [0.5, 0.6) is 0 Å². The molecule has 2 rings (SSSR count). The molecule has 0 aromatic rings. The fourth-order valence-corrected chi connectivity index (χ4v) is 4.43. The zero-order chi connectivity index (χ0) is 14.9. The van der Waals surface area contributed by atoms with Crippen molar-refractivity contribution in [1.29, 1.82) is 0 Å². The summed E-state index contributed by atoms with van der Waals surface area (Å²) >= 11 is 0. The van der Waals surface area contributed by atoms with Gasteiger partial charge in [-0.15, -0.1) is 0 Å². The highest BCUT2D eigenvalue weighted by atomic mass is 32.2. The Morgan fingerprint density at radius 3 is 2.60 bits per heavy atom. The molecule has 3 atom stereocenters. The van der Waals surface area contributed by atoms with Crippen molar-refractivity contribution in [1.82, 2.24) is 10.2 Å². The molecule has 2 aliphatic rings. The summed E-state index contributed by atoms with van der Waals surface area (Å²) in [6.45, 7) is -0.0691. The monoisotopic (exact) mass is 306 g/mol. The number of urea groups is 1. The molecule has 0 spiro atoms. The number of carboxylic acids is 1. The van der Waals surface area contributed by atoms with E-state index in [4.69, 9.17) is 5.11 Å². The van der Waals surface area contributed by atoms with Crippen LogP contribution >= 0.6 is 0 Å². The molecule has 20 heavy (non-hydrogen) atoms. The third kappa shape index (κ3) is 3.04. The maximum absolute atomic E-state index is 11.9. The van der Waals surface area contributed by atoms with Gasteiger partial charge in [0, 0.05) is 19.5 Å². The molecule has 2 heterocycles. The Balaban J connectivity index is 1.93. The summed E-state index contributed by atoms with van der Waals surface area (Å²) < 4.78 is 23.2. The molecule has 0 bridgehead atoms. The summed E-state index contributed by atoms with van der Waals surface area (Å²) in [5.74, 6) is -1.04. The number of nitrogens with zero attached hydrogens (tertiary/aromatic N) is 1. The molecular weight excluding hydrogens is 288 g/mol. The van der Waals surface area contributed by atoms with Gasteiger partial charge in [0.2, 0.25) is 0 Å². The Hall–Kier alpha value is -1.35. The average molecular weight is 306 g/mol. The molecule has 2 amide bonds. The number of aliphatic hydroxyl groups excluding tert-OH is 1. The number of amides is 2. The second-order valence-electron chi connectivity index (χ2n) is 5.21. The Labute approximate surface area is 116 Å². The van der Waals surface area contributed by atoms with Crippen LogP contribution in [-0.4, -0.2) is 71.8 Å². The minimum absolute atomic E-state index is 0.00944. The third-order valence-corrected chi connectivity index (χ3v) is 6.04. The zero-order valence-corrected chi connectivity index (χ0v) is 11.7. The predicted molar refractivity (Wildman–Crippen MR) is 69.0 cm³/mol. The first-order valence-electron chi connectivity index (χ1n) is 6.48. The largest absolute Gasteiger partial charge is 0.480 e. The van der Waals surface area contributed by atoms with E-state index in [1.54, 1.807) is 0 Å². The third-order valence-electron chi connectivity index (χ3n) is 3.77. The van der Waals surface area contributed by atoms with Gasteiger partial charge >= 0.3 is 12.0 Å². The van der Waals surface area contributed by atoms with Crippen LogP contribution in [0.25, 0.3) is 0 Å². The number of rotatable bonds is 3. The highest BCUT2D eigenvalue weighted by molar-refractivity contribution is 7.92. The molecule has 0 radical (unpaired) electrons. The van der Waals surface area contributed by atoms with Crippen LogP contribution in [-0.2, 0) is 14.6 Å². The van der Waals surface area contributed by atoms with Gasteiger partial charge in [0.1, 0.15) is 6.04 Å². The predicted octanol–water partition coefficient (Wildman–Crippen LogP) is -1.21. The van der Waals surface area contributed by atoms with Crippen molar-refractivity contribution < 1.29 is 28.2 Å². The molecule has 0 aromatic carbocycles.